The van der Waals surface area contributed by atoms with Crippen molar-refractivity contribution in [2.45, 2.75) is 60.2 Å². The Morgan fingerprint density at radius 1 is 1.13 bits per heavy atom. The molecular formula is C34H35Cl2FN6O4. The van der Waals surface area contributed by atoms with Gasteiger partial charge in [0.05, 0.1) is 12.8 Å². The van der Waals surface area contributed by atoms with Gasteiger partial charge in [-0.3, -0.25) is 14.9 Å². The second kappa shape index (κ2) is 13.2. The standard InChI is InChI=1S/C34H35Cl2FN6O4/c1-47-30-23(18-38-20-24-10-12-27(44)41-24)9-11-26(42-30)33(14-5-8-25(34(33,35)36)21-6-3-2-4-7-21)43-29-28(37)22(13-17-39-29)19-40-32(15-16-32)31(45)46/h2-9,11,13-14,17,24,38,40H,10,12,15-16,18-20H2,1H3,(H,39,43)(H,41,44)(H,45,46). The number of hydrogen-bond acceptors (Lipinski definition) is 8. The fraction of sp³-hybridized carbons (Fsp3) is 0.353. The molecule has 0 bridgehead atoms. The number of nitrogens with one attached hydrogen (secondary N) is 4. The van der Waals surface area contributed by atoms with E-state index in [2.05, 4.69) is 26.3 Å². The zero-order valence-corrected chi connectivity index (χ0v) is 27.2. The maximum atomic E-state index is 16.2. The summed E-state index contributed by atoms with van der Waals surface area (Å²) in [5.41, 5.74) is 0.0401. The number of allylic oxidation sites excluding steroid dienone is 2. The van der Waals surface area contributed by atoms with E-state index < -0.39 is 27.2 Å². The summed E-state index contributed by atoms with van der Waals surface area (Å²) in [5.74, 6) is -1.42. The third kappa shape index (κ3) is 6.45. The van der Waals surface area contributed by atoms with Gasteiger partial charge in [-0.15, -0.1) is 0 Å². The lowest BCUT2D eigenvalue weighted by molar-refractivity contribution is -0.140. The molecule has 0 spiro atoms. The number of hydrogen-bond donors (Lipinski definition) is 5. The molecule has 13 heteroatoms. The normalized spacial score (nSPS) is 22.3. The van der Waals surface area contributed by atoms with Gasteiger partial charge in [0.15, 0.2) is 16.0 Å². The predicted octanol–water partition coefficient (Wildman–Crippen LogP) is 4.83. The number of alkyl halides is 2. The topological polar surface area (TPSA) is 138 Å². The fourth-order valence-corrected chi connectivity index (χ4v) is 6.76. The number of carbonyl (C=O) groups is 2. The summed E-state index contributed by atoms with van der Waals surface area (Å²) in [6.45, 7) is 0.995. The molecular weight excluding hydrogens is 646 g/mol. The molecule has 3 aromatic rings. The van der Waals surface area contributed by atoms with E-state index in [1.54, 1.807) is 24.3 Å². The largest absolute Gasteiger partial charge is 0.481 e. The summed E-state index contributed by atoms with van der Waals surface area (Å²) in [5, 5.41) is 22.0. The van der Waals surface area contributed by atoms with Crippen molar-refractivity contribution in [2.24, 2.45) is 0 Å². The average Bonchev–Trinajstić information content (AvgIpc) is 3.76. The van der Waals surface area contributed by atoms with Gasteiger partial charge in [0, 0.05) is 49.4 Å². The maximum Gasteiger partial charge on any atom is 0.323 e. The quantitative estimate of drug-likeness (QED) is 0.161. The number of ether oxygens (including phenoxy) is 1. The van der Waals surface area contributed by atoms with Crippen molar-refractivity contribution in [3.05, 3.63) is 101 Å². The number of pyridine rings is 2. The summed E-state index contributed by atoms with van der Waals surface area (Å²) >= 11 is 14.7. The number of nitrogens with zero attached hydrogens (tertiary/aromatic N) is 2. The Labute approximate surface area is 281 Å². The van der Waals surface area contributed by atoms with Crippen LogP contribution in [0.1, 0.15) is 48.1 Å². The zero-order valence-electron chi connectivity index (χ0n) is 25.7. The summed E-state index contributed by atoms with van der Waals surface area (Å²) in [4.78, 5) is 32.4. The molecule has 1 aromatic carbocycles. The van der Waals surface area contributed by atoms with Crippen LogP contribution in [-0.4, -0.2) is 56.5 Å². The molecule has 5 N–H and O–H groups in total. The van der Waals surface area contributed by atoms with Crippen molar-refractivity contribution in [2.75, 3.05) is 19.0 Å². The molecule has 0 radical (unpaired) electrons. The van der Waals surface area contributed by atoms with Crippen molar-refractivity contribution >= 4 is 46.5 Å². The molecule has 2 atom stereocenters. The summed E-state index contributed by atoms with van der Waals surface area (Å²) in [6.07, 6.45) is 8.98. The minimum atomic E-state index is -1.74. The van der Waals surface area contributed by atoms with Gasteiger partial charge in [0.25, 0.3) is 0 Å². The second-order valence-corrected chi connectivity index (χ2v) is 13.3. The van der Waals surface area contributed by atoms with Gasteiger partial charge in [-0.2, -0.15) is 0 Å². The molecule has 2 unspecified atom stereocenters. The van der Waals surface area contributed by atoms with Gasteiger partial charge >= 0.3 is 5.97 Å². The Morgan fingerprint density at radius 2 is 1.91 bits per heavy atom. The van der Waals surface area contributed by atoms with Gasteiger partial charge in [0.1, 0.15) is 11.1 Å². The van der Waals surface area contributed by atoms with Crippen LogP contribution in [0.2, 0.25) is 0 Å². The maximum absolute atomic E-state index is 16.2. The van der Waals surface area contributed by atoms with Crippen LogP contribution in [0, 0.1) is 5.82 Å². The van der Waals surface area contributed by atoms with Gasteiger partial charge < -0.3 is 25.8 Å². The molecule has 1 amide bonds. The number of carboxylic acids is 1. The molecule has 1 aliphatic heterocycles. The van der Waals surface area contributed by atoms with E-state index in [-0.39, 0.29) is 29.9 Å². The highest BCUT2D eigenvalue weighted by molar-refractivity contribution is 6.55. The highest BCUT2D eigenvalue weighted by atomic mass is 35.5. The predicted molar refractivity (Wildman–Crippen MR) is 178 cm³/mol. The molecule has 1 saturated carbocycles. The minimum Gasteiger partial charge on any atom is -0.481 e. The Hall–Kier alpha value is -4.03. The number of benzene rings is 1. The Balaban J connectivity index is 1.35. The molecule has 6 rings (SSSR count). The van der Waals surface area contributed by atoms with Crippen LogP contribution in [0.5, 0.6) is 5.88 Å². The minimum absolute atomic E-state index is 0.0153. The second-order valence-electron chi connectivity index (χ2n) is 12.0. The summed E-state index contributed by atoms with van der Waals surface area (Å²) in [6, 6.07) is 14.5. The van der Waals surface area contributed by atoms with Gasteiger partial charge in [-0.1, -0.05) is 71.8 Å². The number of aliphatic carboxylic acids is 1. The first-order valence-corrected chi connectivity index (χ1v) is 16.1. The molecule has 10 nitrogen and oxygen atoms in total. The van der Waals surface area contributed by atoms with E-state index in [9.17, 15) is 14.7 Å². The lowest BCUT2D eigenvalue weighted by Crippen LogP contribution is -2.51. The molecule has 47 heavy (non-hydrogen) atoms. The van der Waals surface area contributed by atoms with E-state index in [1.807, 2.05) is 36.4 Å². The molecule has 3 heterocycles. The molecule has 3 aliphatic rings. The smallest absolute Gasteiger partial charge is 0.323 e. The average molecular weight is 682 g/mol. The van der Waals surface area contributed by atoms with Crippen LogP contribution in [-0.2, 0) is 28.2 Å². The number of aromatic nitrogens is 2. The van der Waals surface area contributed by atoms with Crippen LogP contribution in [0.15, 0.2) is 73.0 Å². The summed E-state index contributed by atoms with van der Waals surface area (Å²) in [7, 11) is 1.51. The van der Waals surface area contributed by atoms with Crippen molar-refractivity contribution in [3.8, 4) is 5.88 Å². The number of methoxy groups -OCH3 is 1. The van der Waals surface area contributed by atoms with Crippen molar-refractivity contribution in [1.29, 1.82) is 0 Å². The number of amides is 1. The van der Waals surface area contributed by atoms with Crippen molar-refractivity contribution in [1.82, 2.24) is 25.9 Å². The van der Waals surface area contributed by atoms with E-state index in [4.69, 9.17) is 32.9 Å². The first-order chi connectivity index (χ1) is 22.6. The number of anilines is 1. The number of halogens is 3. The lowest BCUT2D eigenvalue weighted by atomic mass is 9.79. The molecule has 2 aliphatic carbocycles. The fourth-order valence-electron chi connectivity index (χ4n) is 6.00. The molecule has 2 aromatic heterocycles. The van der Waals surface area contributed by atoms with Crippen LogP contribution in [0.4, 0.5) is 10.2 Å². The summed E-state index contributed by atoms with van der Waals surface area (Å²) < 4.78 is 20.1. The highest BCUT2D eigenvalue weighted by Gasteiger charge is 2.55. The monoisotopic (exact) mass is 680 g/mol. The number of carboxylic acid groups (broad SMARTS) is 1. The van der Waals surface area contributed by atoms with E-state index in [1.165, 1.54) is 19.4 Å². The Morgan fingerprint density at radius 3 is 2.60 bits per heavy atom. The Bertz CT molecular complexity index is 1730. The zero-order chi connectivity index (χ0) is 33.2. The number of rotatable bonds is 13. The van der Waals surface area contributed by atoms with Crippen LogP contribution >= 0.6 is 23.2 Å². The van der Waals surface area contributed by atoms with Gasteiger partial charge in [0.2, 0.25) is 11.8 Å². The van der Waals surface area contributed by atoms with Crippen LogP contribution < -0.4 is 26.0 Å². The lowest BCUT2D eigenvalue weighted by Gasteiger charge is -2.44. The molecule has 1 saturated heterocycles. The van der Waals surface area contributed by atoms with Crippen LogP contribution in [0.3, 0.4) is 0 Å². The first-order valence-electron chi connectivity index (χ1n) is 15.4. The van der Waals surface area contributed by atoms with E-state index in [0.717, 1.165) is 17.5 Å². The number of carbonyl (C=O) groups excluding carboxylic acids is 1. The van der Waals surface area contributed by atoms with E-state index >= 15 is 4.39 Å². The van der Waals surface area contributed by atoms with Gasteiger partial charge in [-0.25, -0.2) is 14.4 Å². The SMILES string of the molecule is COc1nc(C2(Nc3nccc(CNC4(C(=O)O)CC4)c3F)C=CC=C(c3ccccc3)C2(Cl)Cl)ccc1CNCC1CCC(=O)N1. The van der Waals surface area contributed by atoms with Crippen molar-refractivity contribution in [3.63, 3.8) is 0 Å². The van der Waals surface area contributed by atoms with E-state index in [0.29, 0.717) is 49.5 Å². The molecule has 2 fully saturated rings. The third-order valence-electron chi connectivity index (χ3n) is 8.92. The van der Waals surface area contributed by atoms with Gasteiger partial charge in [-0.05, 0) is 48.6 Å². The highest BCUT2D eigenvalue weighted by Crippen LogP contribution is 2.54. The van der Waals surface area contributed by atoms with Crippen LogP contribution in [0.25, 0.3) is 5.57 Å². The molecule has 246 valence electrons. The van der Waals surface area contributed by atoms with Crippen molar-refractivity contribution < 1.29 is 23.8 Å². The first kappa shape index (κ1) is 32.9. The third-order valence-corrected chi connectivity index (χ3v) is 9.92. The Kier molecular flexibility index (Phi) is 9.26.